The summed E-state index contributed by atoms with van der Waals surface area (Å²) in [6.45, 7) is 5.32. The van der Waals surface area contributed by atoms with Gasteiger partial charge in [0, 0.05) is 19.2 Å². The lowest BCUT2D eigenvalue weighted by molar-refractivity contribution is 0.604. The van der Waals surface area contributed by atoms with Crippen LogP contribution in [0.5, 0.6) is 0 Å². The van der Waals surface area contributed by atoms with Crippen molar-refractivity contribution in [2.45, 2.75) is 26.3 Å². The maximum atomic E-state index is 6.03. The van der Waals surface area contributed by atoms with E-state index in [-0.39, 0.29) is 6.04 Å². The van der Waals surface area contributed by atoms with E-state index in [4.69, 9.17) is 11.6 Å². The maximum absolute atomic E-state index is 6.03. The molecular formula is C15H17BrClNS. The fourth-order valence-corrected chi connectivity index (χ4v) is 3.88. The molecule has 1 aromatic heterocycles. The minimum absolute atomic E-state index is 0.227. The summed E-state index contributed by atoms with van der Waals surface area (Å²) in [7, 11) is 0. The number of benzene rings is 1. The maximum Gasteiger partial charge on any atom is 0.0682 e. The van der Waals surface area contributed by atoms with Gasteiger partial charge in [-0.05, 0) is 49.7 Å². The first-order valence-electron chi connectivity index (χ1n) is 6.36. The summed E-state index contributed by atoms with van der Waals surface area (Å²) in [5.41, 5.74) is 1.24. The molecule has 0 fully saturated rings. The van der Waals surface area contributed by atoms with Gasteiger partial charge in [0.15, 0.2) is 0 Å². The van der Waals surface area contributed by atoms with Crippen LogP contribution in [0.2, 0.25) is 5.02 Å². The van der Waals surface area contributed by atoms with Crippen LogP contribution >= 0.6 is 38.9 Å². The van der Waals surface area contributed by atoms with E-state index >= 15 is 0 Å². The highest BCUT2D eigenvalue weighted by molar-refractivity contribution is 9.10. The molecule has 1 N–H and O–H groups in total. The Bertz CT molecular complexity index is 553. The van der Waals surface area contributed by atoms with Gasteiger partial charge in [0.2, 0.25) is 0 Å². The summed E-state index contributed by atoms with van der Waals surface area (Å²) < 4.78 is 1.06. The Morgan fingerprint density at radius 1 is 1.32 bits per heavy atom. The third kappa shape index (κ3) is 3.82. The minimum atomic E-state index is 0.227. The smallest absolute Gasteiger partial charge is 0.0682 e. The van der Waals surface area contributed by atoms with Gasteiger partial charge in [-0.1, -0.05) is 40.5 Å². The van der Waals surface area contributed by atoms with Crippen molar-refractivity contribution in [3.8, 4) is 0 Å². The van der Waals surface area contributed by atoms with Gasteiger partial charge in [0.1, 0.15) is 0 Å². The highest BCUT2D eigenvalue weighted by atomic mass is 79.9. The Kier molecular flexibility index (Phi) is 5.46. The average Bonchev–Trinajstić information content (AvgIpc) is 2.78. The second kappa shape index (κ2) is 6.89. The van der Waals surface area contributed by atoms with E-state index in [0.29, 0.717) is 0 Å². The van der Waals surface area contributed by atoms with Crippen LogP contribution in [0.4, 0.5) is 0 Å². The molecule has 0 radical (unpaired) electrons. The lowest BCUT2D eigenvalue weighted by atomic mass is 10.1. The second-order valence-electron chi connectivity index (χ2n) is 4.50. The van der Waals surface area contributed by atoms with Crippen molar-refractivity contribution in [2.24, 2.45) is 0 Å². The monoisotopic (exact) mass is 357 g/mol. The van der Waals surface area contributed by atoms with Crippen molar-refractivity contribution >= 4 is 38.9 Å². The molecule has 0 saturated carbocycles. The number of nitrogens with one attached hydrogen (secondary N) is 1. The topological polar surface area (TPSA) is 12.0 Å². The predicted octanol–water partition coefficient (Wildman–Crippen LogP) is 5.56. The molecule has 2 aromatic rings. The Morgan fingerprint density at radius 2 is 2.11 bits per heavy atom. The molecule has 0 bridgehead atoms. The molecule has 1 atom stereocenters. The van der Waals surface area contributed by atoms with Crippen LogP contribution in [0.15, 0.2) is 34.8 Å². The van der Waals surface area contributed by atoms with Crippen molar-refractivity contribution in [3.63, 3.8) is 0 Å². The Balaban J connectivity index is 2.36. The zero-order valence-corrected chi connectivity index (χ0v) is 14.2. The molecule has 1 unspecified atom stereocenters. The van der Waals surface area contributed by atoms with E-state index in [1.807, 2.05) is 23.5 Å². The van der Waals surface area contributed by atoms with Gasteiger partial charge in [-0.3, -0.25) is 0 Å². The molecule has 4 heteroatoms. The Hall–Kier alpha value is -0.350. The molecule has 2 rings (SSSR count). The van der Waals surface area contributed by atoms with Crippen LogP contribution in [-0.2, 0) is 0 Å². The molecule has 19 heavy (non-hydrogen) atoms. The zero-order valence-electron chi connectivity index (χ0n) is 11.0. The summed E-state index contributed by atoms with van der Waals surface area (Å²) in [6.07, 6.45) is 1.12. The number of aryl methyl sites for hydroxylation is 1. The van der Waals surface area contributed by atoms with Crippen LogP contribution in [-0.4, -0.2) is 6.54 Å². The first-order chi connectivity index (χ1) is 9.11. The van der Waals surface area contributed by atoms with Gasteiger partial charge in [0.05, 0.1) is 6.04 Å². The standard InChI is InChI=1S/C15H17BrClNS/c1-3-8-18-15(14-7-4-10(2)19-14)12-6-5-11(17)9-13(12)16/h4-7,9,15,18H,3,8H2,1-2H3. The van der Waals surface area contributed by atoms with Crippen molar-refractivity contribution < 1.29 is 0 Å². The Morgan fingerprint density at radius 3 is 2.68 bits per heavy atom. The summed E-state index contributed by atoms with van der Waals surface area (Å²) in [6, 6.07) is 10.6. The summed E-state index contributed by atoms with van der Waals surface area (Å²) >= 11 is 11.5. The first-order valence-corrected chi connectivity index (χ1v) is 8.35. The number of rotatable bonds is 5. The third-order valence-corrected chi connectivity index (χ3v) is 4.91. The average molecular weight is 359 g/mol. The molecule has 0 aliphatic heterocycles. The van der Waals surface area contributed by atoms with Gasteiger partial charge in [-0.15, -0.1) is 11.3 Å². The molecule has 1 aromatic carbocycles. The number of hydrogen-bond donors (Lipinski definition) is 1. The van der Waals surface area contributed by atoms with Gasteiger partial charge in [-0.25, -0.2) is 0 Å². The van der Waals surface area contributed by atoms with Crippen molar-refractivity contribution in [3.05, 3.63) is 55.1 Å². The number of hydrogen-bond acceptors (Lipinski definition) is 2. The van der Waals surface area contributed by atoms with Crippen molar-refractivity contribution in [1.82, 2.24) is 5.32 Å². The normalized spacial score (nSPS) is 12.6. The lowest BCUT2D eigenvalue weighted by Gasteiger charge is -2.19. The zero-order chi connectivity index (χ0) is 13.8. The van der Waals surface area contributed by atoms with E-state index in [1.54, 1.807) is 0 Å². The SMILES string of the molecule is CCCNC(c1ccc(C)s1)c1ccc(Cl)cc1Br. The van der Waals surface area contributed by atoms with Crippen LogP contribution in [0, 0.1) is 6.92 Å². The quantitative estimate of drug-likeness (QED) is 0.737. The predicted molar refractivity (Wildman–Crippen MR) is 88.3 cm³/mol. The van der Waals surface area contributed by atoms with Crippen molar-refractivity contribution in [2.75, 3.05) is 6.54 Å². The molecule has 0 aliphatic rings. The summed E-state index contributed by atoms with van der Waals surface area (Å²) in [4.78, 5) is 2.68. The van der Waals surface area contributed by atoms with Gasteiger partial charge in [0.25, 0.3) is 0 Å². The molecule has 1 nitrogen and oxygen atoms in total. The van der Waals surface area contributed by atoms with E-state index in [2.05, 4.69) is 53.3 Å². The minimum Gasteiger partial charge on any atom is -0.306 e. The van der Waals surface area contributed by atoms with Crippen LogP contribution in [0.3, 0.4) is 0 Å². The number of thiophene rings is 1. The van der Waals surface area contributed by atoms with E-state index in [9.17, 15) is 0 Å². The summed E-state index contributed by atoms with van der Waals surface area (Å²) in [5, 5.41) is 4.37. The molecule has 0 amide bonds. The largest absolute Gasteiger partial charge is 0.306 e. The molecule has 1 heterocycles. The first kappa shape index (κ1) is 15.0. The van der Waals surface area contributed by atoms with Crippen LogP contribution in [0.25, 0.3) is 0 Å². The highest BCUT2D eigenvalue weighted by Gasteiger charge is 2.17. The van der Waals surface area contributed by atoms with E-state index < -0.39 is 0 Å². The fraction of sp³-hybridized carbons (Fsp3) is 0.333. The lowest BCUT2D eigenvalue weighted by Crippen LogP contribution is -2.22. The van der Waals surface area contributed by atoms with Gasteiger partial charge < -0.3 is 5.32 Å². The van der Waals surface area contributed by atoms with Crippen molar-refractivity contribution in [1.29, 1.82) is 0 Å². The molecular weight excluding hydrogens is 342 g/mol. The third-order valence-electron chi connectivity index (χ3n) is 2.92. The van der Waals surface area contributed by atoms with E-state index in [1.165, 1.54) is 15.3 Å². The van der Waals surface area contributed by atoms with Crippen LogP contribution in [0.1, 0.15) is 34.7 Å². The van der Waals surface area contributed by atoms with Gasteiger partial charge in [-0.2, -0.15) is 0 Å². The summed E-state index contributed by atoms with van der Waals surface area (Å²) in [5.74, 6) is 0. The van der Waals surface area contributed by atoms with E-state index in [0.717, 1.165) is 22.5 Å². The molecule has 102 valence electrons. The number of halogens is 2. The van der Waals surface area contributed by atoms with Gasteiger partial charge >= 0.3 is 0 Å². The molecule has 0 spiro atoms. The van der Waals surface area contributed by atoms with Crippen LogP contribution < -0.4 is 5.32 Å². The molecule has 0 aliphatic carbocycles. The highest BCUT2D eigenvalue weighted by Crippen LogP contribution is 2.33. The fourth-order valence-electron chi connectivity index (χ4n) is 2.00. The molecule has 0 saturated heterocycles. The Labute approximate surface area is 132 Å². The second-order valence-corrected chi connectivity index (χ2v) is 7.11.